The molecule has 0 bridgehead atoms. The van der Waals surface area contributed by atoms with Crippen LogP contribution in [0.1, 0.15) is 37.8 Å². The Morgan fingerprint density at radius 1 is 1.30 bits per heavy atom. The number of hydrogen-bond donors (Lipinski definition) is 2. The first-order chi connectivity index (χ1) is 12.8. The SMILES string of the molecule is CSc1nc2c(c(=O)[nH]1)C(c1ccc(Cl)cc1)C(C(=O)OC(C)C)=C(C)N2. The van der Waals surface area contributed by atoms with E-state index in [1.807, 2.05) is 6.26 Å². The molecule has 0 aliphatic carbocycles. The molecule has 2 aromatic rings. The van der Waals surface area contributed by atoms with Crippen molar-refractivity contribution in [1.29, 1.82) is 0 Å². The van der Waals surface area contributed by atoms with Gasteiger partial charge in [-0.05, 0) is 44.7 Å². The third kappa shape index (κ3) is 3.89. The summed E-state index contributed by atoms with van der Waals surface area (Å²) in [6.07, 6.45) is 1.55. The molecule has 0 spiro atoms. The molecule has 2 heterocycles. The smallest absolute Gasteiger partial charge is 0.337 e. The van der Waals surface area contributed by atoms with Gasteiger partial charge in [0.15, 0.2) is 5.16 Å². The molecule has 1 aliphatic rings. The number of carbonyl (C=O) groups is 1. The number of thioether (sulfide) groups is 1. The molecule has 6 nitrogen and oxygen atoms in total. The Bertz CT molecular complexity index is 967. The topological polar surface area (TPSA) is 84.1 Å². The molecule has 27 heavy (non-hydrogen) atoms. The van der Waals surface area contributed by atoms with Crippen molar-refractivity contribution in [3.05, 3.63) is 62.0 Å². The third-order valence-electron chi connectivity index (χ3n) is 4.18. The van der Waals surface area contributed by atoms with E-state index in [-0.39, 0.29) is 11.7 Å². The van der Waals surface area contributed by atoms with E-state index in [0.717, 1.165) is 5.56 Å². The van der Waals surface area contributed by atoms with E-state index in [9.17, 15) is 9.59 Å². The highest BCUT2D eigenvalue weighted by Crippen LogP contribution is 2.40. The lowest BCUT2D eigenvalue weighted by molar-refractivity contribution is -0.143. The third-order valence-corrected chi connectivity index (χ3v) is 5.01. The Labute approximate surface area is 166 Å². The molecule has 1 unspecified atom stereocenters. The van der Waals surface area contributed by atoms with E-state index in [2.05, 4.69) is 15.3 Å². The normalized spacial score (nSPS) is 16.1. The Morgan fingerprint density at radius 3 is 2.56 bits per heavy atom. The molecule has 1 aromatic heterocycles. The molecule has 8 heteroatoms. The predicted molar refractivity (Wildman–Crippen MR) is 107 cm³/mol. The fraction of sp³-hybridized carbons (Fsp3) is 0.316. The number of ether oxygens (including phenoxy) is 1. The summed E-state index contributed by atoms with van der Waals surface area (Å²) in [5, 5.41) is 4.17. The average Bonchev–Trinajstić information content (AvgIpc) is 2.60. The van der Waals surface area contributed by atoms with Gasteiger partial charge in [0.05, 0.1) is 23.2 Å². The fourth-order valence-corrected chi connectivity index (χ4v) is 3.57. The number of esters is 1. The first kappa shape index (κ1) is 19.5. The Hall–Kier alpha value is -2.25. The number of hydrogen-bond acceptors (Lipinski definition) is 6. The highest BCUT2D eigenvalue weighted by Gasteiger charge is 2.36. The van der Waals surface area contributed by atoms with Crippen molar-refractivity contribution < 1.29 is 9.53 Å². The largest absolute Gasteiger partial charge is 0.460 e. The number of carbonyl (C=O) groups excluding carboxylic acids is 1. The van der Waals surface area contributed by atoms with Crippen molar-refractivity contribution in [3.8, 4) is 0 Å². The van der Waals surface area contributed by atoms with E-state index < -0.39 is 11.9 Å². The van der Waals surface area contributed by atoms with E-state index in [1.54, 1.807) is 45.0 Å². The second-order valence-electron chi connectivity index (χ2n) is 6.44. The van der Waals surface area contributed by atoms with Crippen molar-refractivity contribution in [2.24, 2.45) is 0 Å². The lowest BCUT2D eigenvalue weighted by Gasteiger charge is -2.29. The molecule has 1 aromatic carbocycles. The average molecular weight is 406 g/mol. The number of halogens is 1. The molecular weight excluding hydrogens is 386 g/mol. The lowest BCUT2D eigenvalue weighted by atomic mass is 9.82. The summed E-state index contributed by atoms with van der Waals surface area (Å²) in [4.78, 5) is 32.9. The van der Waals surface area contributed by atoms with Crippen LogP contribution >= 0.6 is 23.4 Å². The molecule has 0 fully saturated rings. The number of H-pyrrole nitrogens is 1. The highest BCUT2D eigenvalue weighted by atomic mass is 35.5. The number of benzene rings is 1. The van der Waals surface area contributed by atoms with Gasteiger partial charge in [0.2, 0.25) is 0 Å². The Morgan fingerprint density at radius 2 is 1.96 bits per heavy atom. The number of anilines is 1. The van der Waals surface area contributed by atoms with Crippen LogP contribution in [0.15, 0.2) is 45.5 Å². The van der Waals surface area contributed by atoms with Gasteiger partial charge in [0, 0.05) is 10.7 Å². The standard InChI is InChI=1S/C19H20ClN3O3S/c1-9(2)26-18(25)13-10(3)21-16-15(17(24)23-19(22-16)27-4)14(13)11-5-7-12(20)8-6-11/h5-9,14H,1-4H3,(H2,21,22,23,24). The van der Waals surface area contributed by atoms with Gasteiger partial charge in [-0.3, -0.25) is 4.79 Å². The molecule has 1 atom stereocenters. The van der Waals surface area contributed by atoms with Crippen LogP contribution in [-0.4, -0.2) is 28.3 Å². The number of nitrogens with one attached hydrogen (secondary N) is 2. The maximum Gasteiger partial charge on any atom is 0.337 e. The number of aromatic amines is 1. The van der Waals surface area contributed by atoms with E-state index in [1.165, 1.54) is 11.8 Å². The van der Waals surface area contributed by atoms with E-state index in [4.69, 9.17) is 16.3 Å². The van der Waals surface area contributed by atoms with Crippen LogP contribution in [-0.2, 0) is 9.53 Å². The molecule has 1 aliphatic heterocycles. The van der Waals surface area contributed by atoms with Crippen LogP contribution in [0, 0.1) is 0 Å². The molecule has 0 saturated carbocycles. The minimum Gasteiger partial charge on any atom is -0.460 e. The highest BCUT2D eigenvalue weighted by molar-refractivity contribution is 7.98. The van der Waals surface area contributed by atoms with Crippen LogP contribution in [0.3, 0.4) is 0 Å². The van der Waals surface area contributed by atoms with Crippen LogP contribution in [0.5, 0.6) is 0 Å². The van der Waals surface area contributed by atoms with Crippen molar-refractivity contribution in [2.45, 2.75) is 37.9 Å². The zero-order valence-electron chi connectivity index (χ0n) is 15.4. The van der Waals surface area contributed by atoms with Gasteiger partial charge in [-0.2, -0.15) is 0 Å². The monoisotopic (exact) mass is 405 g/mol. The quantitative estimate of drug-likeness (QED) is 0.455. The van der Waals surface area contributed by atoms with Gasteiger partial charge in [-0.25, -0.2) is 9.78 Å². The van der Waals surface area contributed by atoms with E-state index in [0.29, 0.717) is 32.8 Å². The van der Waals surface area contributed by atoms with Crippen molar-refractivity contribution >= 4 is 35.1 Å². The Balaban J connectivity index is 2.23. The van der Waals surface area contributed by atoms with Crippen LogP contribution in [0.25, 0.3) is 0 Å². The van der Waals surface area contributed by atoms with Gasteiger partial charge in [-0.1, -0.05) is 35.5 Å². The van der Waals surface area contributed by atoms with Gasteiger partial charge in [0.1, 0.15) is 5.82 Å². The summed E-state index contributed by atoms with van der Waals surface area (Å²) in [7, 11) is 0. The molecule has 0 radical (unpaired) electrons. The van der Waals surface area contributed by atoms with Gasteiger partial charge >= 0.3 is 5.97 Å². The maximum absolute atomic E-state index is 12.8. The number of fused-ring (bicyclic) bond motifs is 1. The first-order valence-electron chi connectivity index (χ1n) is 8.44. The minimum absolute atomic E-state index is 0.277. The maximum atomic E-state index is 12.8. The molecule has 3 rings (SSSR count). The number of nitrogens with zero attached hydrogens (tertiary/aromatic N) is 1. The number of aromatic nitrogens is 2. The zero-order chi connectivity index (χ0) is 19.7. The van der Waals surface area contributed by atoms with Gasteiger partial charge in [0.25, 0.3) is 5.56 Å². The second kappa shape index (κ2) is 7.78. The molecule has 2 N–H and O–H groups in total. The minimum atomic E-state index is -0.600. The molecular formula is C19H20ClN3O3S. The summed E-state index contributed by atoms with van der Waals surface area (Å²) >= 11 is 7.36. The summed E-state index contributed by atoms with van der Waals surface area (Å²) in [5.41, 5.74) is 1.86. The first-order valence-corrected chi connectivity index (χ1v) is 10.0. The summed E-state index contributed by atoms with van der Waals surface area (Å²) in [5.74, 6) is -0.618. The molecule has 142 valence electrons. The molecule has 0 amide bonds. The second-order valence-corrected chi connectivity index (χ2v) is 7.67. The van der Waals surface area contributed by atoms with Crippen molar-refractivity contribution in [1.82, 2.24) is 9.97 Å². The fourth-order valence-electron chi connectivity index (χ4n) is 3.06. The number of allylic oxidation sites excluding steroid dienone is 1. The van der Waals surface area contributed by atoms with E-state index >= 15 is 0 Å². The van der Waals surface area contributed by atoms with Crippen LogP contribution in [0.2, 0.25) is 5.02 Å². The summed E-state index contributed by atoms with van der Waals surface area (Å²) < 4.78 is 5.44. The van der Waals surface area contributed by atoms with Gasteiger partial charge < -0.3 is 15.0 Å². The summed E-state index contributed by atoms with van der Waals surface area (Å²) in [6, 6.07) is 7.08. The predicted octanol–water partition coefficient (Wildman–Crippen LogP) is 3.93. The van der Waals surface area contributed by atoms with Crippen molar-refractivity contribution in [3.63, 3.8) is 0 Å². The number of rotatable bonds is 4. The zero-order valence-corrected chi connectivity index (χ0v) is 17.0. The Kier molecular flexibility index (Phi) is 5.62. The lowest BCUT2D eigenvalue weighted by Crippen LogP contribution is -2.31. The van der Waals surface area contributed by atoms with Crippen molar-refractivity contribution in [2.75, 3.05) is 11.6 Å². The van der Waals surface area contributed by atoms with Gasteiger partial charge in [-0.15, -0.1) is 0 Å². The van der Waals surface area contributed by atoms with Crippen LogP contribution in [0.4, 0.5) is 5.82 Å². The summed E-state index contributed by atoms with van der Waals surface area (Å²) in [6.45, 7) is 5.35. The van der Waals surface area contributed by atoms with Crippen LogP contribution < -0.4 is 10.9 Å². The molecule has 0 saturated heterocycles.